The third-order valence-electron chi connectivity index (χ3n) is 2.57. The molecule has 2 rings (SSSR count). The molecule has 0 radical (unpaired) electrons. The highest BCUT2D eigenvalue weighted by Gasteiger charge is 2.48. The van der Waals surface area contributed by atoms with Crippen LogP contribution in [-0.4, -0.2) is 51.8 Å². The number of rotatable bonds is 2. The van der Waals surface area contributed by atoms with Gasteiger partial charge in [0.2, 0.25) is 0 Å². The van der Waals surface area contributed by atoms with E-state index in [1.807, 2.05) is 0 Å². The lowest BCUT2D eigenvalue weighted by Crippen LogP contribution is -2.32. The summed E-state index contributed by atoms with van der Waals surface area (Å²) >= 11 is 0. The van der Waals surface area contributed by atoms with Crippen molar-refractivity contribution < 1.29 is 18.9 Å². The van der Waals surface area contributed by atoms with Crippen LogP contribution < -0.4 is 0 Å². The Morgan fingerprint density at radius 2 is 1.33 bits per heavy atom. The van der Waals surface area contributed by atoms with E-state index in [-0.39, 0.29) is 24.4 Å². The van der Waals surface area contributed by atoms with Gasteiger partial charge in [-0.05, 0) is 0 Å². The SMILES string of the molecule is CO[C@H]1CO[C@H]2[C@H]1OC[C@H]2OC. The van der Waals surface area contributed by atoms with Gasteiger partial charge in [0.1, 0.15) is 24.4 Å². The number of fused-ring (bicyclic) bond motifs is 1. The van der Waals surface area contributed by atoms with Crippen LogP contribution >= 0.6 is 0 Å². The average molecular weight is 174 g/mol. The van der Waals surface area contributed by atoms with E-state index in [2.05, 4.69) is 0 Å². The lowest BCUT2D eigenvalue weighted by molar-refractivity contribution is -0.0267. The summed E-state index contributed by atoms with van der Waals surface area (Å²) in [7, 11) is 3.36. The van der Waals surface area contributed by atoms with Gasteiger partial charge < -0.3 is 18.9 Å². The first kappa shape index (κ1) is 8.44. The van der Waals surface area contributed by atoms with Crippen molar-refractivity contribution in [2.45, 2.75) is 24.4 Å². The molecule has 0 N–H and O–H groups in total. The van der Waals surface area contributed by atoms with E-state index in [1.165, 1.54) is 0 Å². The molecule has 2 aliphatic heterocycles. The molecular weight excluding hydrogens is 160 g/mol. The maximum absolute atomic E-state index is 5.51. The van der Waals surface area contributed by atoms with Crippen LogP contribution in [0.1, 0.15) is 0 Å². The molecule has 0 aromatic heterocycles. The van der Waals surface area contributed by atoms with E-state index in [0.29, 0.717) is 13.2 Å². The maximum atomic E-state index is 5.51. The van der Waals surface area contributed by atoms with E-state index >= 15 is 0 Å². The molecule has 2 fully saturated rings. The second kappa shape index (κ2) is 3.30. The fraction of sp³-hybridized carbons (Fsp3) is 1.00. The van der Waals surface area contributed by atoms with Crippen molar-refractivity contribution in [3.05, 3.63) is 0 Å². The summed E-state index contributed by atoms with van der Waals surface area (Å²) in [4.78, 5) is 0. The van der Waals surface area contributed by atoms with Crippen LogP contribution in [-0.2, 0) is 18.9 Å². The first-order chi connectivity index (χ1) is 5.86. The third kappa shape index (κ3) is 1.15. The third-order valence-corrected chi connectivity index (χ3v) is 2.57. The molecule has 0 amide bonds. The second-order valence-electron chi connectivity index (χ2n) is 3.14. The smallest absolute Gasteiger partial charge is 0.115 e. The van der Waals surface area contributed by atoms with Crippen LogP contribution in [0.3, 0.4) is 0 Å². The van der Waals surface area contributed by atoms with Crippen molar-refractivity contribution in [3.63, 3.8) is 0 Å². The van der Waals surface area contributed by atoms with E-state index in [0.717, 1.165) is 0 Å². The number of hydrogen-bond donors (Lipinski definition) is 0. The van der Waals surface area contributed by atoms with E-state index in [9.17, 15) is 0 Å². The minimum Gasteiger partial charge on any atom is -0.376 e. The predicted molar refractivity (Wildman–Crippen MR) is 41.1 cm³/mol. The molecule has 12 heavy (non-hydrogen) atoms. The molecule has 4 atom stereocenters. The van der Waals surface area contributed by atoms with Gasteiger partial charge in [-0.25, -0.2) is 0 Å². The topological polar surface area (TPSA) is 36.9 Å². The summed E-state index contributed by atoms with van der Waals surface area (Å²) in [5.74, 6) is 0. The highest BCUT2D eigenvalue weighted by atomic mass is 16.6. The number of ether oxygens (including phenoxy) is 4. The van der Waals surface area contributed by atoms with E-state index in [1.54, 1.807) is 14.2 Å². The molecule has 2 saturated heterocycles. The molecule has 2 aliphatic rings. The Morgan fingerprint density at radius 3 is 1.67 bits per heavy atom. The van der Waals surface area contributed by atoms with Gasteiger partial charge in [0, 0.05) is 14.2 Å². The van der Waals surface area contributed by atoms with E-state index in [4.69, 9.17) is 18.9 Å². The Balaban J connectivity index is 2.01. The fourth-order valence-electron chi connectivity index (χ4n) is 1.83. The number of hydrogen-bond acceptors (Lipinski definition) is 4. The highest BCUT2D eigenvalue weighted by Crippen LogP contribution is 2.29. The summed E-state index contributed by atoms with van der Waals surface area (Å²) in [5.41, 5.74) is 0. The Labute approximate surface area is 71.7 Å². The van der Waals surface area contributed by atoms with Gasteiger partial charge in [-0.2, -0.15) is 0 Å². The Hall–Kier alpha value is -0.160. The standard InChI is InChI=1S/C8H14O4/c1-9-5-3-11-8-6(10-2)4-12-7(5)8/h5-8H,3-4H2,1-2H3/t5-,6+,7-,8+. The first-order valence-corrected chi connectivity index (χ1v) is 4.15. The van der Waals surface area contributed by atoms with Gasteiger partial charge in [0.25, 0.3) is 0 Å². The molecule has 4 nitrogen and oxygen atoms in total. The maximum Gasteiger partial charge on any atom is 0.115 e. The Morgan fingerprint density at radius 1 is 0.917 bits per heavy atom. The molecule has 0 spiro atoms. The van der Waals surface area contributed by atoms with Crippen LogP contribution in [0, 0.1) is 0 Å². The molecule has 4 heteroatoms. The molecule has 0 bridgehead atoms. The monoisotopic (exact) mass is 174 g/mol. The van der Waals surface area contributed by atoms with Gasteiger partial charge >= 0.3 is 0 Å². The summed E-state index contributed by atoms with van der Waals surface area (Å²) in [6.45, 7) is 1.23. The summed E-state index contributed by atoms with van der Waals surface area (Å²) < 4.78 is 21.4. The first-order valence-electron chi connectivity index (χ1n) is 4.15. The average Bonchev–Trinajstić information content (AvgIpc) is 2.62. The van der Waals surface area contributed by atoms with Gasteiger partial charge in [-0.3, -0.25) is 0 Å². The normalized spacial score (nSPS) is 46.5. The zero-order valence-electron chi connectivity index (χ0n) is 7.36. The van der Waals surface area contributed by atoms with Crippen molar-refractivity contribution in [2.24, 2.45) is 0 Å². The van der Waals surface area contributed by atoms with Gasteiger partial charge in [0.15, 0.2) is 0 Å². The van der Waals surface area contributed by atoms with Crippen molar-refractivity contribution in [3.8, 4) is 0 Å². The Kier molecular flexibility index (Phi) is 2.32. The minimum atomic E-state index is 0.0694. The quantitative estimate of drug-likeness (QED) is 0.581. The molecule has 0 aromatic rings. The Bertz CT molecular complexity index is 143. The predicted octanol–water partition coefficient (Wildman–Crippen LogP) is -0.186. The second-order valence-corrected chi connectivity index (χ2v) is 3.14. The van der Waals surface area contributed by atoms with Crippen molar-refractivity contribution in [1.82, 2.24) is 0 Å². The van der Waals surface area contributed by atoms with Gasteiger partial charge in [-0.15, -0.1) is 0 Å². The van der Waals surface area contributed by atoms with Crippen molar-refractivity contribution in [1.29, 1.82) is 0 Å². The molecule has 0 aromatic carbocycles. The van der Waals surface area contributed by atoms with Gasteiger partial charge in [0.05, 0.1) is 13.2 Å². The lowest BCUT2D eigenvalue weighted by atomic mass is 10.1. The van der Waals surface area contributed by atoms with Crippen molar-refractivity contribution in [2.75, 3.05) is 27.4 Å². The molecule has 0 unspecified atom stereocenters. The lowest BCUT2D eigenvalue weighted by Gasteiger charge is -2.14. The van der Waals surface area contributed by atoms with Crippen LogP contribution in [0.25, 0.3) is 0 Å². The number of methoxy groups -OCH3 is 2. The zero-order valence-corrected chi connectivity index (χ0v) is 7.36. The summed E-state index contributed by atoms with van der Waals surface area (Å²) in [6, 6.07) is 0. The summed E-state index contributed by atoms with van der Waals surface area (Å²) in [5, 5.41) is 0. The largest absolute Gasteiger partial charge is 0.376 e. The minimum absolute atomic E-state index is 0.0694. The van der Waals surface area contributed by atoms with Crippen LogP contribution in [0.15, 0.2) is 0 Å². The highest BCUT2D eigenvalue weighted by molar-refractivity contribution is 4.95. The van der Waals surface area contributed by atoms with Crippen LogP contribution in [0.4, 0.5) is 0 Å². The van der Waals surface area contributed by atoms with Crippen molar-refractivity contribution >= 4 is 0 Å². The molecular formula is C8H14O4. The molecule has 0 aliphatic carbocycles. The molecule has 0 saturated carbocycles. The van der Waals surface area contributed by atoms with Gasteiger partial charge in [-0.1, -0.05) is 0 Å². The van der Waals surface area contributed by atoms with E-state index < -0.39 is 0 Å². The van der Waals surface area contributed by atoms with Crippen LogP contribution in [0.2, 0.25) is 0 Å². The molecule has 2 heterocycles. The zero-order chi connectivity index (χ0) is 8.55. The molecule has 70 valence electrons. The summed E-state index contributed by atoms with van der Waals surface area (Å²) in [6.07, 6.45) is 0.296. The van der Waals surface area contributed by atoms with Crippen LogP contribution in [0.5, 0.6) is 0 Å². The fourth-order valence-corrected chi connectivity index (χ4v) is 1.83.